The smallest absolute Gasteiger partial charge is 0.322 e. The van der Waals surface area contributed by atoms with Crippen molar-refractivity contribution in [2.75, 3.05) is 32.1 Å². The Kier molecular flexibility index (Phi) is 5.28. The van der Waals surface area contributed by atoms with Crippen LogP contribution in [-0.4, -0.2) is 54.7 Å². The van der Waals surface area contributed by atoms with Crippen LogP contribution in [0.3, 0.4) is 0 Å². The molecule has 24 heavy (non-hydrogen) atoms. The van der Waals surface area contributed by atoms with Crippen LogP contribution in [0.1, 0.15) is 31.1 Å². The van der Waals surface area contributed by atoms with E-state index in [2.05, 4.69) is 31.1 Å². The largest absolute Gasteiger partial charge is 0.480 e. The number of nitrogens with one attached hydrogen (secondary N) is 1. The first-order valence-corrected chi connectivity index (χ1v) is 7.73. The minimum Gasteiger partial charge on any atom is -0.480 e. The molecule has 3 N–H and O–H groups in total. The lowest BCUT2D eigenvalue weighted by molar-refractivity contribution is -0.0664. The lowest BCUT2D eigenvalue weighted by Crippen LogP contribution is -2.51. The minimum absolute atomic E-state index is 0.0350. The van der Waals surface area contributed by atoms with Gasteiger partial charge in [0.2, 0.25) is 5.88 Å². The molecule has 1 aliphatic rings. The van der Waals surface area contributed by atoms with Gasteiger partial charge < -0.3 is 25.4 Å². The van der Waals surface area contributed by atoms with Gasteiger partial charge in [-0.05, 0) is 11.5 Å². The van der Waals surface area contributed by atoms with Crippen LogP contribution in [0.25, 0.3) is 0 Å². The second-order valence-corrected chi connectivity index (χ2v) is 6.75. The fraction of sp³-hybridized carbons (Fsp3) is 0.562. The van der Waals surface area contributed by atoms with Crippen molar-refractivity contribution in [1.82, 2.24) is 9.88 Å². The summed E-state index contributed by atoms with van der Waals surface area (Å²) in [7, 11) is 1.40. The third kappa shape index (κ3) is 4.14. The van der Waals surface area contributed by atoms with E-state index in [1.165, 1.54) is 19.4 Å². The van der Waals surface area contributed by atoms with Gasteiger partial charge in [0.05, 0.1) is 31.7 Å². The highest BCUT2D eigenvalue weighted by atomic mass is 16.5. The van der Waals surface area contributed by atoms with E-state index in [0.29, 0.717) is 25.4 Å². The van der Waals surface area contributed by atoms with Crippen LogP contribution in [0.15, 0.2) is 12.3 Å². The molecule has 0 aromatic carbocycles. The third-order valence-electron chi connectivity index (χ3n) is 3.88. The summed E-state index contributed by atoms with van der Waals surface area (Å²) in [5, 5.41) is 2.74. The summed E-state index contributed by atoms with van der Waals surface area (Å²) < 4.78 is 10.7. The Balaban J connectivity index is 2.09. The van der Waals surface area contributed by atoms with Gasteiger partial charge in [0, 0.05) is 13.1 Å². The lowest BCUT2D eigenvalue weighted by Gasteiger charge is -2.39. The number of rotatable bonds is 3. The number of primary amides is 1. The predicted molar refractivity (Wildman–Crippen MR) is 89.1 cm³/mol. The molecule has 0 spiro atoms. The van der Waals surface area contributed by atoms with E-state index in [0.717, 1.165) is 0 Å². The minimum atomic E-state index is -0.672. The molecule has 1 aromatic heterocycles. The number of amides is 3. The van der Waals surface area contributed by atoms with Gasteiger partial charge in [-0.15, -0.1) is 0 Å². The van der Waals surface area contributed by atoms with Crippen LogP contribution < -0.4 is 15.8 Å². The van der Waals surface area contributed by atoms with Crippen LogP contribution in [0, 0.1) is 5.41 Å². The molecule has 0 saturated carbocycles. The molecule has 2 rings (SSSR count). The summed E-state index contributed by atoms with van der Waals surface area (Å²) in [5.74, 6) is -0.547. The molecule has 1 aliphatic heterocycles. The molecule has 0 radical (unpaired) electrons. The highest BCUT2D eigenvalue weighted by Crippen LogP contribution is 2.26. The zero-order valence-electron chi connectivity index (χ0n) is 14.5. The molecule has 0 bridgehead atoms. The maximum absolute atomic E-state index is 12.5. The number of pyridine rings is 1. The summed E-state index contributed by atoms with van der Waals surface area (Å²) in [5.41, 5.74) is 5.74. The molecular weight excluding hydrogens is 312 g/mol. The average molecular weight is 336 g/mol. The molecule has 1 atom stereocenters. The Morgan fingerprint density at radius 1 is 1.46 bits per heavy atom. The van der Waals surface area contributed by atoms with Crippen molar-refractivity contribution in [1.29, 1.82) is 0 Å². The van der Waals surface area contributed by atoms with Gasteiger partial charge in [-0.25, -0.2) is 9.78 Å². The number of carbonyl (C=O) groups excluding carboxylic acids is 2. The van der Waals surface area contributed by atoms with Crippen LogP contribution >= 0.6 is 0 Å². The van der Waals surface area contributed by atoms with Crippen molar-refractivity contribution in [3.05, 3.63) is 17.8 Å². The molecular formula is C16H24N4O4. The number of nitrogens with zero attached hydrogens (tertiary/aromatic N) is 2. The Morgan fingerprint density at radius 3 is 2.75 bits per heavy atom. The Morgan fingerprint density at radius 2 is 2.17 bits per heavy atom. The summed E-state index contributed by atoms with van der Waals surface area (Å²) in [6, 6.07) is 1.18. The summed E-state index contributed by atoms with van der Waals surface area (Å²) in [6.07, 6.45) is 1.39. The van der Waals surface area contributed by atoms with Gasteiger partial charge in [-0.3, -0.25) is 4.79 Å². The molecule has 1 saturated heterocycles. The number of carbonyl (C=O) groups is 2. The molecule has 3 amide bonds. The van der Waals surface area contributed by atoms with Gasteiger partial charge in [-0.1, -0.05) is 20.8 Å². The molecule has 2 heterocycles. The monoisotopic (exact) mass is 336 g/mol. The van der Waals surface area contributed by atoms with Crippen molar-refractivity contribution in [2.24, 2.45) is 11.1 Å². The van der Waals surface area contributed by atoms with E-state index in [-0.39, 0.29) is 29.0 Å². The number of urea groups is 1. The number of anilines is 1. The van der Waals surface area contributed by atoms with E-state index >= 15 is 0 Å². The number of hydrogen-bond acceptors (Lipinski definition) is 5. The van der Waals surface area contributed by atoms with Crippen LogP contribution in [-0.2, 0) is 4.74 Å². The topological polar surface area (TPSA) is 107 Å². The van der Waals surface area contributed by atoms with E-state index in [9.17, 15) is 9.59 Å². The first kappa shape index (κ1) is 18.0. The van der Waals surface area contributed by atoms with E-state index in [4.69, 9.17) is 15.2 Å². The molecule has 8 heteroatoms. The first-order chi connectivity index (χ1) is 11.2. The fourth-order valence-corrected chi connectivity index (χ4v) is 2.42. The van der Waals surface area contributed by atoms with Gasteiger partial charge in [-0.2, -0.15) is 0 Å². The Labute approximate surface area is 141 Å². The zero-order chi connectivity index (χ0) is 17.9. The van der Waals surface area contributed by atoms with Gasteiger partial charge in [0.25, 0.3) is 5.91 Å². The van der Waals surface area contributed by atoms with E-state index in [1.807, 2.05) is 0 Å². The van der Waals surface area contributed by atoms with E-state index in [1.54, 1.807) is 4.90 Å². The number of ether oxygens (including phenoxy) is 2. The predicted octanol–water partition coefficient (Wildman–Crippen LogP) is 1.47. The van der Waals surface area contributed by atoms with Crippen LogP contribution in [0.2, 0.25) is 0 Å². The molecule has 1 unspecified atom stereocenters. The lowest BCUT2D eigenvalue weighted by atomic mass is 9.88. The third-order valence-corrected chi connectivity index (χ3v) is 3.88. The van der Waals surface area contributed by atoms with Gasteiger partial charge in [0.15, 0.2) is 0 Å². The zero-order valence-corrected chi connectivity index (χ0v) is 14.5. The summed E-state index contributed by atoms with van der Waals surface area (Å²) >= 11 is 0. The molecule has 1 aromatic rings. The highest BCUT2D eigenvalue weighted by Gasteiger charge is 2.32. The van der Waals surface area contributed by atoms with E-state index < -0.39 is 5.91 Å². The number of nitrogens with two attached hydrogens (primary N) is 1. The molecule has 0 aliphatic carbocycles. The van der Waals surface area contributed by atoms with Crippen molar-refractivity contribution < 1.29 is 19.1 Å². The maximum Gasteiger partial charge on any atom is 0.322 e. The van der Waals surface area contributed by atoms with Crippen LogP contribution in [0.4, 0.5) is 10.5 Å². The van der Waals surface area contributed by atoms with Crippen molar-refractivity contribution in [2.45, 2.75) is 26.9 Å². The summed E-state index contributed by atoms with van der Waals surface area (Å²) in [6.45, 7) is 7.72. The van der Waals surface area contributed by atoms with Crippen molar-refractivity contribution in [3.63, 3.8) is 0 Å². The average Bonchev–Trinajstić information content (AvgIpc) is 2.54. The standard InChI is InChI=1S/C16H24N4O4/c1-16(2,3)12-9-20(5-6-24-12)15(22)19-10-7-11(13(17)21)14(23-4)18-8-10/h7-8,12H,5-6,9H2,1-4H3,(H2,17,21)(H,19,22). The number of hydrogen-bond donors (Lipinski definition) is 2. The normalized spacial score (nSPS) is 18.2. The Bertz CT molecular complexity index is 627. The molecule has 132 valence electrons. The molecule has 1 fully saturated rings. The number of morpholine rings is 1. The van der Waals surface area contributed by atoms with Crippen molar-refractivity contribution in [3.8, 4) is 5.88 Å². The summed E-state index contributed by atoms with van der Waals surface area (Å²) in [4.78, 5) is 29.6. The van der Waals surface area contributed by atoms with Crippen LogP contribution in [0.5, 0.6) is 5.88 Å². The second kappa shape index (κ2) is 7.04. The maximum atomic E-state index is 12.5. The van der Waals surface area contributed by atoms with Gasteiger partial charge >= 0.3 is 6.03 Å². The van der Waals surface area contributed by atoms with Crippen molar-refractivity contribution >= 4 is 17.6 Å². The number of aromatic nitrogens is 1. The first-order valence-electron chi connectivity index (χ1n) is 7.73. The number of methoxy groups -OCH3 is 1. The second-order valence-electron chi connectivity index (χ2n) is 6.75. The molecule has 8 nitrogen and oxygen atoms in total. The Hall–Kier alpha value is -2.35. The quantitative estimate of drug-likeness (QED) is 0.869. The highest BCUT2D eigenvalue weighted by molar-refractivity contribution is 5.97. The van der Waals surface area contributed by atoms with Gasteiger partial charge in [0.1, 0.15) is 5.56 Å². The fourth-order valence-electron chi connectivity index (χ4n) is 2.42. The SMILES string of the molecule is COc1ncc(NC(=O)N2CCOC(C(C)(C)C)C2)cc1C(N)=O.